The number of aryl methyl sites for hydroxylation is 2. The molecule has 1 aromatic carbocycles. The predicted molar refractivity (Wildman–Crippen MR) is 69.7 cm³/mol. The van der Waals surface area contributed by atoms with Crippen LogP contribution in [0.2, 0.25) is 0 Å². The fourth-order valence-corrected chi connectivity index (χ4v) is 1.89. The first kappa shape index (κ1) is 11.4. The average molecular weight is 229 g/mol. The van der Waals surface area contributed by atoms with Gasteiger partial charge in [-0.05, 0) is 37.1 Å². The molecule has 88 valence electrons. The third kappa shape index (κ3) is 2.36. The van der Waals surface area contributed by atoms with Gasteiger partial charge in [-0.2, -0.15) is 0 Å². The van der Waals surface area contributed by atoms with Gasteiger partial charge in [0, 0.05) is 5.56 Å². The molecule has 3 N–H and O–H groups in total. The van der Waals surface area contributed by atoms with Crippen LogP contribution in [0, 0.1) is 13.8 Å². The van der Waals surface area contributed by atoms with Crippen LogP contribution in [-0.4, -0.2) is 23.6 Å². The summed E-state index contributed by atoms with van der Waals surface area (Å²) in [5.41, 5.74) is 8.99. The summed E-state index contributed by atoms with van der Waals surface area (Å²) in [6.07, 6.45) is 3.33. The van der Waals surface area contributed by atoms with Crippen molar-refractivity contribution in [3.05, 3.63) is 40.7 Å². The third-order valence-electron chi connectivity index (χ3n) is 2.61. The van der Waals surface area contributed by atoms with E-state index >= 15 is 0 Å². The maximum absolute atomic E-state index is 9.99. The maximum Gasteiger partial charge on any atom is 0.125 e. The second kappa shape index (κ2) is 4.41. The summed E-state index contributed by atoms with van der Waals surface area (Å²) >= 11 is 0. The molecular formula is C13H15N3O. The Morgan fingerprint density at radius 3 is 2.76 bits per heavy atom. The number of hydrogen-bond acceptors (Lipinski definition) is 4. The highest BCUT2D eigenvalue weighted by Crippen LogP contribution is 2.23. The Labute approximate surface area is 100 Å². The third-order valence-corrected chi connectivity index (χ3v) is 2.61. The standard InChI is InChI=1S/C13H15N3O/c1-8-5-9(2)13(11(17)6-8)10-7-16-12(14)3-4-15-10/h3,5-7,17H,4,14H2,1-2H3. The van der Waals surface area contributed by atoms with Crippen molar-refractivity contribution < 1.29 is 5.11 Å². The van der Waals surface area contributed by atoms with E-state index in [4.69, 9.17) is 5.73 Å². The number of phenolic OH excluding ortho intramolecular Hbond substituents is 1. The molecule has 0 amide bonds. The van der Waals surface area contributed by atoms with E-state index in [-0.39, 0.29) is 5.75 Å². The van der Waals surface area contributed by atoms with E-state index in [1.165, 1.54) is 0 Å². The molecule has 1 heterocycles. The first-order chi connectivity index (χ1) is 8.08. The van der Waals surface area contributed by atoms with Crippen LogP contribution < -0.4 is 5.73 Å². The lowest BCUT2D eigenvalue weighted by atomic mass is 10.0. The average Bonchev–Trinajstić information content (AvgIpc) is 2.42. The predicted octanol–water partition coefficient (Wildman–Crippen LogP) is 1.68. The minimum Gasteiger partial charge on any atom is -0.507 e. The molecule has 1 aliphatic rings. The van der Waals surface area contributed by atoms with Crippen molar-refractivity contribution in [2.24, 2.45) is 15.7 Å². The van der Waals surface area contributed by atoms with Gasteiger partial charge >= 0.3 is 0 Å². The summed E-state index contributed by atoms with van der Waals surface area (Å²) < 4.78 is 0. The molecule has 0 saturated heterocycles. The first-order valence-corrected chi connectivity index (χ1v) is 5.42. The molecule has 0 radical (unpaired) electrons. The van der Waals surface area contributed by atoms with Gasteiger partial charge < -0.3 is 10.8 Å². The number of benzene rings is 1. The van der Waals surface area contributed by atoms with Crippen molar-refractivity contribution in [3.63, 3.8) is 0 Å². The SMILES string of the molecule is Cc1cc(C)c(C2=NCC=C(N)N=C2)c(O)c1. The van der Waals surface area contributed by atoms with Gasteiger partial charge in [0.05, 0.1) is 18.5 Å². The zero-order valence-electron chi connectivity index (χ0n) is 9.94. The second-order valence-corrected chi connectivity index (χ2v) is 4.09. The highest BCUT2D eigenvalue weighted by Gasteiger charge is 2.12. The molecule has 17 heavy (non-hydrogen) atoms. The van der Waals surface area contributed by atoms with E-state index in [0.29, 0.717) is 18.1 Å². The Balaban J connectivity index is 2.49. The Morgan fingerprint density at radius 1 is 1.29 bits per heavy atom. The molecule has 0 spiro atoms. The number of hydrogen-bond donors (Lipinski definition) is 2. The molecule has 0 atom stereocenters. The minimum atomic E-state index is 0.230. The summed E-state index contributed by atoms with van der Waals surface area (Å²) in [4.78, 5) is 8.40. The summed E-state index contributed by atoms with van der Waals surface area (Å²) in [7, 11) is 0. The van der Waals surface area contributed by atoms with Crippen molar-refractivity contribution in [2.45, 2.75) is 13.8 Å². The molecule has 0 bridgehead atoms. The number of nitrogens with zero attached hydrogens (tertiary/aromatic N) is 2. The first-order valence-electron chi connectivity index (χ1n) is 5.42. The molecule has 2 rings (SSSR count). The quantitative estimate of drug-likeness (QED) is 0.769. The summed E-state index contributed by atoms with van der Waals surface area (Å²) in [5, 5.41) is 9.99. The van der Waals surface area contributed by atoms with Crippen molar-refractivity contribution in [3.8, 4) is 5.75 Å². The Kier molecular flexibility index (Phi) is 2.95. The molecule has 4 heteroatoms. The number of rotatable bonds is 1. The Hall–Kier alpha value is -2.10. The van der Waals surface area contributed by atoms with Gasteiger partial charge in [0.25, 0.3) is 0 Å². The Bertz CT molecular complexity index is 519. The molecular weight excluding hydrogens is 214 g/mol. The Morgan fingerprint density at radius 2 is 2.06 bits per heavy atom. The number of aliphatic imine (C=N–C) groups is 2. The monoisotopic (exact) mass is 229 g/mol. The van der Waals surface area contributed by atoms with E-state index in [1.54, 1.807) is 18.4 Å². The fraction of sp³-hybridized carbons (Fsp3) is 0.231. The summed E-state index contributed by atoms with van der Waals surface area (Å²) in [6.45, 7) is 4.37. The summed E-state index contributed by atoms with van der Waals surface area (Å²) in [5.74, 6) is 0.682. The molecule has 0 fully saturated rings. The number of phenols is 1. The molecule has 4 nitrogen and oxygen atoms in total. The van der Waals surface area contributed by atoms with E-state index < -0.39 is 0 Å². The maximum atomic E-state index is 9.99. The lowest BCUT2D eigenvalue weighted by Gasteiger charge is -2.09. The molecule has 0 saturated carbocycles. The number of nitrogens with two attached hydrogens (primary N) is 1. The molecule has 0 unspecified atom stereocenters. The molecule has 0 aromatic heterocycles. The zero-order chi connectivity index (χ0) is 12.4. The van der Waals surface area contributed by atoms with Crippen LogP contribution in [0.3, 0.4) is 0 Å². The largest absolute Gasteiger partial charge is 0.507 e. The lowest BCUT2D eigenvalue weighted by molar-refractivity contribution is 0.473. The topological polar surface area (TPSA) is 71.0 Å². The van der Waals surface area contributed by atoms with E-state index in [2.05, 4.69) is 9.98 Å². The van der Waals surface area contributed by atoms with Crippen LogP contribution in [0.5, 0.6) is 5.75 Å². The van der Waals surface area contributed by atoms with Gasteiger partial charge in [-0.1, -0.05) is 6.07 Å². The fourth-order valence-electron chi connectivity index (χ4n) is 1.89. The van der Waals surface area contributed by atoms with Crippen LogP contribution in [0.25, 0.3) is 0 Å². The zero-order valence-corrected chi connectivity index (χ0v) is 9.94. The smallest absolute Gasteiger partial charge is 0.125 e. The van der Waals surface area contributed by atoms with E-state index in [1.807, 2.05) is 19.9 Å². The highest BCUT2D eigenvalue weighted by molar-refractivity contribution is 6.39. The van der Waals surface area contributed by atoms with Crippen LogP contribution in [0.15, 0.2) is 34.0 Å². The van der Waals surface area contributed by atoms with Crippen molar-refractivity contribution in [1.82, 2.24) is 0 Å². The van der Waals surface area contributed by atoms with Gasteiger partial charge in [0.15, 0.2) is 0 Å². The molecule has 1 aromatic rings. The minimum absolute atomic E-state index is 0.230. The van der Waals surface area contributed by atoms with Gasteiger partial charge in [0.2, 0.25) is 0 Å². The van der Waals surface area contributed by atoms with Gasteiger partial charge in [0.1, 0.15) is 11.6 Å². The molecule has 1 aliphatic heterocycles. The summed E-state index contributed by atoms with van der Waals surface area (Å²) in [6, 6.07) is 3.73. The van der Waals surface area contributed by atoms with Crippen LogP contribution in [0.1, 0.15) is 16.7 Å². The van der Waals surface area contributed by atoms with Crippen LogP contribution in [0.4, 0.5) is 0 Å². The highest BCUT2D eigenvalue weighted by atomic mass is 16.3. The lowest BCUT2D eigenvalue weighted by Crippen LogP contribution is -2.06. The number of aromatic hydroxyl groups is 1. The molecule has 0 aliphatic carbocycles. The van der Waals surface area contributed by atoms with E-state index in [0.717, 1.165) is 16.7 Å². The normalized spacial score (nSPS) is 15.2. The van der Waals surface area contributed by atoms with Gasteiger partial charge in [-0.25, -0.2) is 4.99 Å². The van der Waals surface area contributed by atoms with Gasteiger partial charge in [-0.15, -0.1) is 0 Å². The van der Waals surface area contributed by atoms with Gasteiger partial charge in [-0.3, -0.25) is 4.99 Å². The second-order valence-electron chi connectivity index (χ2n) is 4.09. The van der Waals surface area contributed by atoms with Crippen LogP contribution in [-0.2, 0) is 0 Å². The van der Waals surface area contributed by atoms with Crippen molar-refractivity contribution in [1.29, 1.82) is 0 Å². The van der Waals surface area contributed by atoms with Crippen molar-refractivity contribution >= 4 is 11.9 Å². The van der Waals surface area contributed by atoms with E-state index in [9.17, 15) is 5.11 Å². The van der Waals surface area contributed by atoms with Crippen LogP contribution >= 0.6 is 0 Å². The van der Waals surface area contributed by atoms with Crippen molar-refractivity contribution in [2.75, 3.05) is 6.54 Å².